The number of halogens is 1. The van der Waals surface area contributed by atoms with Gasteiger partial charge in [-0.1, -0.05) is 11.6 Å². The van der Waals surface area contributed by atoms with Gasteiger partial charge in [0.05, 0.1) is 12.2 Å². The van der Waals surface area contributed by atoms with Crippen molar-refractivity contribution in [2.45, 2.75) is 17.9 Å². The molecule has 2 N–H and O–H groups in total. The van der Waals surface area contributed by atoms with E-state index in [-0.39, 0.29) is 5.88 Å². The summed E-state index contributed by atoms with van der Waals surface area (Å²) in [6.45, 7) is 3.66. The number of aryl methyl sites for hydroxylation is 2. The van der Waals surface area contributed by atoms with Gasteiger partial charge in [-0.25, -0.2) is 9.67 Å². The third-order valence-electron chi connectivity index (χ3n) is 5.77. The fourth-order valence-electron chi connectivity index (χ4n) is 4.04. The fraction of sp³-hybridized carbons (Fsp3) is 0.381. The smallest absolute Gasteiger partial charge is 0.228 e. The van der Waals surface area contributed by atoms with E-state index in [2.05, 4.69) is 20.2 Å². The lowest BCUT2D eigenvalue weighted by Gasteiger charge is -2.36. The van der Waals surface area contributed by atoms with Gasteiger partial charge in [-0.15, -0.1) is 0 Å². The minimum Gasteiger partial charge on any atom is -0.611 e. The molecule has 4 heterocycles. The van der Waals surface area contributed by atoms with E-state index in [1.807, 2.05) is 24.3 Å². The monoisotopic (exact) mass is 473 g/mol. The number of aromatic nitrogens is 4. The first-order valence-corrected chi connectivity index (χ1v) is 12.2. The summed E-state index contributed by atoms with van der Waals surface area (Å²) in [5.41, 5.74) is 2.68. The van der Waals surface area contributed by atoms with Gasteiger partial charge in [0, 0.05) is 56.4 Å². The maximum absolute atomic E-state index is 12.6. The van der Waals surface area contributed by atoms with Crippen LogP contribution in [-0.2, 0) is 31.2 Å². The van der Waals surface area contributed by atoms with Crippen molar-refractivity contribution in [3.05, 3.63) is 46.7 Å². The van der Waals surface area contributed by atoms with Crippen LogP contribution in [0.5, 0.6) is 5.88 Å². The number of rotatable bonds is 5. The van der Waals surface area contributed by atoms with Crippen LogP contribution in [-0.4, -0.2) is 61.3 Å². The van der Waals surface area contributed by atoms with Crippen molar-refractivity contribution < 1.29 is 9.66 Å². The summed E-state index contributed by atoms with van der Waals surface area (Å²) in [5, 5.41) is 18.0. The van der Waals surface area contributed by atoms with E-state index >= 15 is 0 Å². The van der Waals surface area contributed by atoms with E-state index in [9.17, 15) is 9.66 Å². The number of anilines is 3. The molecule has 9 nitrogen and oxygen atoms in total. The van der Waals surface area contributed by atoms with Crippen molar-refractivity contribution in [2.24, 2.45) is 7.05 Å². The van der Waals surface area contributed by atoms with Gasteiger partial charge in [-0.3, -0.25) is 0 Å². The lowest BCUT2D eigenvalue weighted by molar-refractivity contribution is 0.419. The second-order valence-corrected chi connectivity index (χ2v) is 9.81. The molecule has 1 atom stereocenters. The van der Waals surface area contributed by atoms with Gasteiger partial charge in [0.1, 0.15) is 11.4 Å². The molecule has 0 saturated carbocycles. The number of hydrogen-bond donors (Lipinski definition) is 2. The minimum absolute atomic E-state index is 0.0949. The summed E-state index contributed by atoms with van der Waals surface area (Å²) in [4.78, 5) is 14.7. The van der Waals surface area contributed by atoms with Crippen LogP contribution < -0.4 is 15.1 Å². The summed E-state index contributed by atoms with van der Waals surface area (Å²) in [5.74, 6) is 1.91. The van der Waals surface area contributed by atoms with Gasteiger partial charge in [-0.2, -0.15) is 10.1 Å². The van der Waals surface area contributed by atoms with Crippen LogP contribution in [0.1, 0.15) is 11.4 Å². The molecule has 1 fully saturated rings. The van der Waals surface area contributed by atoms with E-state index in [0.717, 1.165) is 42.6 Å². The van der Waals surface area contributed by atoms with Crippen molar-refractivity contribution in [1.29, 1.82) is 0 Å². The molecule has 1 saturated heterocycles. The number of fused-ring (bicyclic) bond motifs is 1. The highest BCUT2D eigenvalue weighted by Crippen LogP contribution is 2.33. The lowest BCUT2D eigenvalue weighted by Crippen LogP contribution is -2.47. The number of piperazine rings is 1. The molecule has 3 aromatic rings. The van der Waals surface area contributed by atoms with Crippen LogP contribution in [0.15, 0.2) is 35.2 Å². The van der Waals surface area contributed by atoms with E-state index in [0.29, 0.717) is 41.1 Å². The third kappa shape index (κ3) is 4.17. The highest BCUT2D eigenvalue weighted by Gasteiger charge is 2.33. The molecule has 0 spiro atoms. The predicted molar refractivity (Wildman–Crippen MR) is 125 cm³/mol. The molecule has 0 bridgehead atoms. The summed E-state index contributed by atoms with van der Waals surface area (Å²) in [7, 11) is 1.68. The maximum atomic E-state index is 12.6. The van der Waals surface area contributed by atoms with E-state index < -0.39 is 11.2 Å². The summed E-state index contributed by atoms with van der Waals surface area (Å²) < 4.78 is 14.0. The Bertz CT molecular complexity index is 1100. The van der Waals surface area contributed by atoms with Crippen molar-refractivity contribution in [1.82, 2.24) is 19.7 Å². The average molecular weight is 474 g/mol. The Morgan fingerprint density at radius 1 is 1.12 bits per heavy atom. The third-order valence-corrected chi connectivity index (χ3v) is 7.48. The van der Waals surface area contributed by atoms with Crippen molar-refractivity contribution in [2.75, 3.05) is 47.0 Å². The fourth-order valence-corrected chi connectivity index (χ4v) is 5.49. The molecular formula is C21H24ClN7O2S. The lowest BCUT2D eigenvalue weighted by atomic mass is 10.2. The molecule has 1 unspecified atom stereocenters. The molecule has 0 aliphatic carbocycles. The Morgan fingerprint density at radius 2 is 1.84 bits per heavy atom. The molecule has 2 aliphatic rings. The SMILES string of the molecule is Cn1nc(CNc2nc(N3CCN(c4ccc(Cl)cc4)CC3)nc3c2[S+]([O-])CC3)cc1O. The van der Waals surface area contributed by atoms with Gasteiger partial charge in [0.15, 0.2) is 5.82 Å². The van der Waals surface area contributed by atoms with Crippen LogP contribution in [0.2, 0.25) is 5.02 Å². The zero-order chi connectivity index (χ0) is 22.2. The standard InChI is InChI=1S/C21H24ClN7O2S/c1-27-18(30)12-15(26-27)13-23-20-19-17(6-11-32(19)31)24-21(25-20)29-9-7-28(8-10-29)16-4-2-14(22)3-5-16/h2-5,12,30H,6-11,13H2,1H3,(H,23,24,25). The number of nitrogens with one attached hydrogen (secondary N) is 1. The number of aromatic hydroxyl groups is 1. The van der Waals surface area contributed by atoms with Crippen LogP contribution in [0.4, 0.5) is 17.5 Å². The molecule has 11 heteroatoms. The zero-order valence-corrected chi connectivity index (χ0v) is 19.2. The largest absolute Gasteiger partial charge is 0.611 e. The first kappa shape index (κ1) is 21.2. The molecule has 2 aliphatic heterocycles. The summed E-state index contributed by atoms with van der Waals surface area (Å²) >= 11 is 4.90. The van der Waals surface area contributed by atoms with Crippen LogP contribution in [0.25, 0.3) is 0 Å². The molecule has 5 rings (SSSR count). The number of benzene rings is 1. The molecule has 1 aromatic carbocycles. The zero-order valence-electron chi connectivity index (χ0n) is 17.7. The van der Waals surface area contributed by atoms with Gasteiger partial charge in [0.2, 0.25) is 16.7 Å². The Balaban J connectivity index is 1.33. The molecule has 0 amide bonds. The van der Waals surface area contributed by atoms with Crippen LogP contribution >= 0.6 is 11.6 Å². The van der Waals surface area contributed by atoms with Crippen LogP contribution in [0, 0.1) is 0 Å². The quantitative estimate of drug-likeness (QED) is 0.543. The first-order chi connectivity index (χ1) is 15.5. The second-order valence-electron chi connectivity index (χ2n) is 7.87. The minimum atomic E-state index is -1.11. The molecular weight excluding hydrogens is 450 g/mol. The molecule has 168 valence electrons. The van der Waals surface area contributed by atoms with E-state index in [4.69, 9.17) is 21.6 Å². The molecule has 0 radical (unpaired) electrons. The Kier molecular flexibility index (Phi) is 5.75. The molecule has 32 heavy (non-hydrogen) atoms. The van der Waals surface area contributed by atoms with Gasteiger partial charge in [-0.05, 0) is 35.4 Å². The number of nitrogens with zero attached hydrogens (tertiary/aromatic N) is 6. The first-order valence-electron chi connectivity index (χ1n) is 10.5. The van der Waals surface area contributed by atoms with Gasteiger partial charge < -0.3 is 24.8 Å². The van der Waals surface area contributed by atoms with Crippen LogP contribution in [0.3, 0.4) is 0 Å². The van der Waals surface area contributed by atoms with Crippen molar-refractivity contribution in [3.63, 3.8) is 0 Å². The van der Waals surface area contributed by atoms with E-state index in [1.54, 1.807) is 13.1 Å². The predicted octanol–water partition coefficient (Wildman–Crippen LogP) is 2.17. The highest BCUT2D eigenvalue weighted by molar-refractivity contribution is 7.91. The summed E-state index contributed by atoms with van der Waals surface area (Å²) in [6.07, 6.45) is 0.682. The van der Waals surface area contributed by atoms with Crippen molar-refractivity contribution in [3.8, 4) is 5.88 Å². The average Bonchev–Trinajstić information content (AvgIpc) is 3.34. The topological polar surface area (TPSA) is 105 Å². The Hall–Kier alpha value is -2.69. The van der Waals surface area contributed by atoms with E-state index in [1.165, 1.54) is 4.68 Å². The van der Waals surface area contributed by atoms with Crippen molar-refractivity contribution >= 4 is 40.2 Å². The maximum Gasteiger partial charge on any atom is 0.228 e. The molecule has 2 aromatic heterocycles. The van der Waals surface area contributed by atoms with Gasteiger partial charge in [0.25, 0.3) is 0 Å². The number of hydrogen-bond acceptors (Lipinski definition) is 8. The second kappa shape index (κ2) is 8.68. The summed E-state index contributed by atoms with van der Waals surface area (Å²) in [6, 6.07) is 9.49. The normalized spacial score (nSPS) is 18.2. The Labute approximate surface area is 194 Å². The van der Waals surface area contributed by atoms with Gasteiger partial charge >= 0.3 is 0 Å². The highest BCUT2D eigenvalue weighted by atomic mass is 35.5. The Morgan fingerprint density at radius 3 is 2.53 bits per heavy atom.